The number of amides is 1. The maximum absolute atomic E-state index is 12.7. The van der Waals surface area contributed by atoms with Crippen molar-refractivity contribution in [1.29, 1.82) is 0 Å². The molecule has 1 aliphatic rings. The smallest absolute Gasteiger partial charge is 0.338 e. The van der Waals surface area contributed by atoms with Crippen molar-refractivity contribution in [2.45, 2.75) is 25.8 Å². The van der Waals surface area contributed by atoms with E-state index in [1.54, 1.807) is 43.3 Å². The van der Waals surface area contributed by atoms with E-state index in [4.69, 9.17) is 10.5 Å². The third-order valence-electron chi connectivity index (χ3n) is 4.42. The Morgan fingerprint density at radius 3 is 2.73 bits per heavy atom. The molecule has 0 bridgehead atoms. The van der Waals surface area contributed by atoms with Gasteiger partial charge in [0.1, 0.15) is 6.04 Å². The summed E-state index contributed by atoms with van der Waals surface area (Å²) in [6.07, 6.45) is 1.69. The van der Waals surface area contributed by atoms with Gasteiger partial charge in [0.15, 0.2) is 0 Å². The Balaban J connectivity index is 1.75. The highest BCUT2D eigenvalue weighted by Gasteiger charge is 2.31. The number of carbonyl (C=O) groups is 2. The first kappa shape index (κ1) is 17.8. The van der Waals surface area contributed by atoms with Crippen LogP contribution in [0.25, 0.3) is 0 Å². The van der Waals surface area contributed by atoms with Gasteiger partial charge in [0.2, 0.25) is 5.91 Å². The average Bonchev–Trinajstić information content (AvgIpc) is 3.14. The molecule has 6 heteroatoms. The van der Waals surface area contributed by atoms with Crippen molar-refractivity contribution < 1.29 is 14.3 Å². The van der Waals surface area contributed by atoms with E-state index in [1.807, 2.05) is 17.0 Å². The van der Waals surface area contributed by atoms with Gasteiger partial charge in [-0.25, -0.2) is 4.79 Å². The molecule has 1 amide bonds. The number of hydrogen-bond acceptors (Lipinski definition) is 5. The van der Waals surface area contributed by atoms with Crippen LogP contribution in [0.4, 0.5) is 17.1 Å². The molecule has 3 N–H and O–H groups in total. The quantitative estimate of drug-likeness (QED) is 0.637. The molecule has 0 radical (unpaired) electrons. The molecular weight excluding hydrogens is 330 g/mol. The topological polar surface area (TPSA) is 84.7 Å². The summed E-state index contributed by atoms with van der Waals surface area (Å²) in [5, 5.41) is 2.94. The lowest BCUT2D eigenvalue weighted by molar-refractivity contribution is -0.117. The van der Waals surface area contributed by atoms with Gasteiger partial charge in [-0.3, -0.25) is 4.79 Å². The van der Waals surface area contributed by atoms with Gasteiger partial charge in [0.25, 0.3) is 0 Å². The summed E-state index contributed by atoms with van der Waals surface area (Å²) < 4.78 is 5.06. The Bertz CT molecular complexity index is 789. The monoisotopic (exact) mass is 353 g/mol. The van der Waals surface area contributed by atoms with Crippen molar-refractivity contribution in [2.75, 3.05) is 29.1 Å². The summed E-state index contributed by atoms with van der Waals surface area (Å²) in [6.45, 7) is 2.88. The summed E-state index contributed by atoms with van der Waals surface area (Å²) in [4.78, 5) is 26.7. The van der Waals surface area contributed by atoms with Crippen molar-refractivity contribution in [3.05, 3.63) is 54.1 Å². The van der Waals surface area contributed by atoms with Gasteiger partial charge >= 0.3 is 5.97 Å². The summed E-state index contributed by atoms with van der Waals surface area (Å²) in [5.41, 5.74) is 8.40. The standard InChI is InChI=1S/C20H23N3O3/c1-2-26-20(25)14-5-3-6-17(13-14)23-12-4-7-18(23)19(24)22-16-10-8-15(21)9-11-16/h3,5-6,8-11,13,18H,2,4,7,12,21H2,1H3,(H,22,24)/t18-/m1/s1. The molecule has 1 heterocycles. The molecule has 1 saturated heterocycles. The van der Waals surface area contributed by atoms with Gasteiger partial charge in [0, 0.05) is 23.6 Å². The second kappa shape index (κ2) is 7.91. The average molecular weight is 353 g/mol. The third-order valence-corrected chi connectivity index (χ3v) is 4.42. The third kappa shape index (κ3) is 3.96. The van der Waals surface area contributed by atoms with Crippen LogP contribution in [0.15, 0.2) is 48.5 Å². The van der Waals surface area contributed by atoms with Crippen molar-refractivity contribution in [3.63, 3.8) is 0 Å². The van der Waals surface area contributed by atoms with Crippen molar-refractivity contribution in [3.8, 4) is 0 Å². The molecule has 2 aromatic rings. The van der Waals surface area contributed by atoms with Crippen LogP contribution in [0, 0.1) is 0 Å². The van der Waals surface area contributed by atoms with Crippen LogP contribution in [0.2, 0.25) is 0 Å². The largest absolute Gasteiger partial charge is 0.462 e. The maximum atomic E-state index is 12.7. The number of carbonyl (C=O) groups excluding carboxylic acids is 2. The Morgan fingerprint density at radius 2 is 2.00 bits per heavy atom. The second-order valence-corrected chi connectivity index (χ2v) is 6.23. The fourth-order valence-electron chi connectivity index (χ4n) is 3.17. The van der Waals surface area contributed by atoms with Crippen LogP contribution in [-0.2, 0) is 9.53 Å². The minimum atomic E-state index is -0.351. The molecule has 0 aliphatic carbocycles. The maximum Gasteiger partial charge on any atom is 0.338 e. The molecule has 0 aromatic heterocycles. The summed E-state index contributed by atoms with van der Waals surface area (Å²) in [5.74, 6) is -0.412. The number of hydrogen-bond donors (Lipinski definition) is 2. The highest BCUT2D eigenvalue weighted by Crippen LogP contribution is 2.27. The normalized spacial score (nSPS) is 16.3. The molecule has 0 unspecified atom stereocenters. The van der Waals surface area contributed by atoms with E-state index in [-0.39, 0.29) is 17.9 Å². The van der Waals surface area contributed by atoms with E-state index in [9.17, 15) is 9.59 Å². The molecule has 1 aliphatic heterocycles. The summed E-state index contributed by atoms with van der Waals surface area (Å²) >= 11 is 0. The Hall–Kier alpha value is -3.02. The number of rotatable bonds is 5. The van der Waals surface area contributed by atoms with Crippen LogP contribution >= 0.6 is 0 Å². The van der Waals surface area contributed by atoms with E-state index >= 15 is 0 Å². The van der Waals surface area contributed by atoms with E-state index in [2.05, 4.69) is 5.32 Å². The zero-order valence-electron chi connectivity index (χ0n) is 14.8. The zero-order chi connectivity index (χ0) is 18.5. The van der Waals surface area contributed by atoms with Gasteiger partial charge in [-0.2, -0.15) is 0 Å². The number of anilines is 3. The molecule has 6 nitrogen and oxygen atoms in total. The van der Waals surface area contributed by atoms with Gasteiger partial charge < -0.3 is 20.7 Å². The first-order valence-corrected chi connectivity index (χ1v) is 8.78. The number of benzene rings is 2. The number of nitrogens with two attached hydrogens (primary N) is 1. The number of esters is 1. The highest BCUT2D eigenvalue weighted by atomic mass is 16.5. The fourth-order valence-corrected chi connectivity index (χ4v) is 3.17. The van der Waals surface area contributed by atoms with Crippen LogP contribution in [0.1, 0.15) is 30.1 Å². The number of nitrogen functional groups attached to an aromatic ring is 1. The lowest BCUT2D eigenvalue weighted by Gasteiger charge is -2.26. The molecule has 0 spiro atoms. The van der Waals surface area contributed by atoms with E-state index in [0.29, 0.717) is 17.9 Å². The van der Waals surface area contributed by atoms with E-state index in [0.717, 1.165) is 30.8 Å². The first-order chi connectivity index (χ1) is 12.6. The molecule has 2 aromatic carbocycles. The zero-order valence-corrected chi connectivity index (χ0v) is 14.8. The Labute approximate surface area is 152 Å². The lowest BCUT2D eigenvalue weighted by Crippen LogP contribution is -2.39. The van der Waals surface area contributed by atoms with Crippen molar-refractivity contribution in [2.24, 2.45) is 0 Å². The van der Waals surface area contributed by atoms with Gasteiger partial charge in [-0.05, 0) is 62.2 Å². The van der Waals surface area contributed by atoms with E-state index < -0.39 is 0 Å². The summed E-state index contributed by atoms with van der Waals surface area (Å²) in [6, 6.07) is 14.0. The SMILES string of the molecule is CCOC(=O)c1cccc(N2CCC[C@@H]2C(=O)Nc2ccc(N)cc2)c1. The Kier molecular flexibility index (Phi) is 5.41. The van der Waals surface area contributed by atoms with Crippen LogP contribution in [-0.4, -0.2) is 31.1 Å². The van der Waals surface area contributed by atoms with Crippen LogP contribution in [0.3, 0.4) is 0 Å². The number of ether oxygens (including phenoxy) is 1. The molecule has 26 heavy (non-hydrogen) atoms. The Morgan fingerprint density at radius 1 is 1.23 bits per heavy atom. The van der Waals surface area contributed by atoms with Crippen molar-refractivity contribution in [1.82, 2.24) is 0 Å². The molecular formula is C20H23N3O3. The van der Waals surface area contributed by atoms with Crippen LogP contribution < -0.4 is 16.0 Å². The second-order valence-electron chi connectivity index (χ2n) is 6.23. The van der Waals surface area contributed by atoms with E-state index in [1.165, 1.54) is 0 Å². The number of nitrogens with one attached hydrogen (secondary N) is 1. The highest BCUT2D eigenvalue weighted by molar-refractivity contribution is 5.98. The lowest BCUT2D eigenvalue weighted by atomic mass is 10.1. The van der Waals surface area contributed by atoms with Crippen LogP contribution in [0.5, 0.6) is 0 Å². The molecule has 136 valence electrons. The molecule has 1 fully saturated rings. The molecule has 3 rings (SSSR count). The molecule has 0 saturated carbocycles. The number of nitrogens with zero attached hydrogens (tertiary/aromatic N) is 1. The minimum Gasteiger partial charge on any atom is -0.462 e. The predicted molar refractivity (Wildman–Crippen MR) is 102 cm³/mol. The summed E-state index contributed by atoms with van der Waals surface area (Å²) in [7, 11) is 0. The predicted octanol–water partition coefficient (Wildman–Crippen LogP) is 3.05. The fraction of sp³-hybridized carbons (Fsp3) is 0.300. The van der Waals surface area contributed by atoms with Crippen molar-refractivity contribution >= 4 is 28.9 Å². The van der Waals surface area contributed by atoms with Gasteiger partial charge in [-0.1, -0.05) is 6.07 Å². The first-order valence-electron chi connectivity index (χ1n) is 8.78. The minimum absolute atomic E-state index is 0.0613. The van der Waals surface area contributed by atoms with Gasteiger partial charge in [-0.15, -0.1) is 0 Å². The molecule has 1 atom stereocenters. The van der Waals surface area contributed by atoms with Gasteiger partial charge in [0.05, 0.1) is 12.2 Å².